The number of aromatic nitrogens is 3. The van der Waals surface area contributed by atoms with E-state index in [1.54, 1.807) is 0 Å². The standard InChI is InChI=1S/C15H17N5O3/c21-12(22)10-16-14-17-13(11-4-2-1-3-5-11)18-15(19-14)20-6-8-23-9-7-20/h1-5H,6-10H2,(H,21,22)(H,16,17,18,19). The molecule has 0 unspecified atom stereocenters. The van der Waals surface area contributed by atoms with Crippen molar-refractivity contribution in [3.8, 4) is 11.4 Å². The lowest BCUT2D eigenvalue weighted by atomic mass is 10.2. The molecule has 23 heavy (non-hydrogen) atoms. The topological polar surface area (TPSA) is 100 Å². The average molecular weight is 315 g/mol. The fourth-order valence-corrected chi connectivity index (χ4v) is 2.22. The highest BCUT2D eigenvalue weighted by Gasteiger charge is 2.17. The zero-order chi connectivity index (χ0) is 16.1. The first-order valence-electron chi connectivity index (χ1n) is 7.32. The van der Waals surface area contributed by atoms with E-state index in [2.05, 4.69) is 20.3 Å². The number of ether oxygens (including phenoxy) is 1. The lowest BCUT2D eigenvalue weighted by molar-refractivity contribution is -0.134. The van der Waals surface area contributed by atoms with Gasteiger partial charge in [-0.25, -0.2) is 0 Å². The van der Waals surface area contributed by atoms with Crippen LogP contribution in [0.1, 0.15) is 0 Å². The molecule has 2 aromatic rings. The van der Waals surface area contributed by atoms with Gasteiger partial charge in [0.1, 0.15) is 6.54 Å². The van der Waals surface area contributed by atoms with E-state index in [-0.39, 0.29) is 12.5 Å². The van der Waals surface area contributed by atoms with E-state index in [1.807, 2.05) is 35.2 Å². The van der Waals surface area contributed by atoms with E-state index < -0.39 is 5.97 Å². The van der Waals surface area contributed by atoms with Crippen molar-refractivity contribution in [2.75, 3.05) is 43.1 Å². The quantitative estimate of drug-likeness (QED) is 0.838. The summed E-state index contributed by atoms with van der Waals surface area (Å²) >= 11 is 0. The van der Waals surface area contributed by atoms with Crippen molar-refractivity contribution in [2.45, 2.75) is 0 Å². The van der Waals surface area contributed by atoms with Gasteiger partial charge in [-0.2, -0.15) is 15.0 Å². The van der Waals surface area contributed by atoms with E-state index in [1.165, 1.54) is 0 Å². The van der Waals surface area contributed by atoms with E-state index in [0.717, 1.165) is 5.56 Å². The van der Waals surface area contributed by atoms with Crippen LogP contribution < -0.4 is 10.2 Å². The van der Waals surface area contributed by atoms with E-state index in [9.17, 15) is 4.79 Å². The van der Waals surface area contributed by atoms with Crippen molar-refractivity contribution in [1.29, 1.82) is 0 Å². The van der Waals surface area contributed by atoms with Crippen LogP contribution in [0.5, 0.6) is 0 Å². The Balaban J connectivity index is 1.94. The summed E-state index contributed by atoms with van der Waals surface area (Å²) < 4.78 is 5.34. The first-order chi connectivity index (χ1) is 11.2. The molecule has 0 bridgehead atoms. The normalized spacial score (nSPS) is 14.5. The minimum atomic E-state index is -0.973. The molecule has 0 spiro atoms. The Hall–Kier alpha value is -2.74. The van der Waals surface area contributed by atoms with Crippen LogP contribution >= 0.6 is 0 Å². The van der Waals surface area contributed by atoms with Gasteiger partial charge in [-0.3, -0.25) is 4.79 Å². The molecule has 1 fully saturated rings. The summed E-state index contributed by atoms with van der Waals surface area (Å²) in [6.45, 7) is 2.36. The van der Waals surface area contributed by atoms with Gasteiger partial charge in [0.25, 0.3) is 0 Å². The first kappa shape index (κ1) is 15.2. The van der Waals surface area contributed by atoms with Gasteiger partial charge in [0.05, 0.1) is 13.2 Å². The molecule has 1 aromatic heterocycles. The summed E-state index contributed by atoms with van der Waals surface area (Å²) in [6, 6.07) is 9.52. The van der Waals surface area contributed by atoms with Crippen LogP contribution in [0.2, 0.25) is 0 Å². The van der Waals surface area contributed by atoms with E-state index in [0.29, 0.717) is 38.1 Å². The van der Waals surface area contributed by atoms with Gasteiger partial charge in [-0.15, -0.1) is 0 Å². The van der Waals surface area contributed by atoms with E-state index >= 15 is 0 Å². The molecule has 2 N–H and O–H groups in total. The zero-order valence-electron chi connectivity index (χ0n) is 12.5. The Bertz CT molecular complexity index is 674. The molecule has 2 heterocycles. The lowest BCUT2D eigenvalue weighted by Crippen LogP contribution is -2.37. The molecule has 0 amide bonds. The molecule has 0 atom stereocenters. The highest BCUT2D eigenvalue weighted by atomic mass is 16.5. The largest absolute Gasteiger partial charge is 0.480 e. The smallest absolute Gasteiger partial charge is 0.322 e. The number of morpholine rings is 1. The van der Waals surface area contributed by atoms with Crippen LogP contribution in [-0.2, 0) is 9.53 Å². The summed E-state index contributed by atoms with van der Waals surface area (Å²) in [7, 11) is 0. The second kappa shape index (κ2) is 7.01. The monoisotopic (exact) mass is 315 g/mol. The third kappa shape index (κ3) is 3.92. The summed E-state index contributed by atoms with van der Waals surface area (Å²) in [5, 5.41) is 11.5. The molecule has 8 heteroatoms. The average Bonchev–Trinajstić information content (AvgIpc) is 2.61. The van der Waals surface area contributed by atoms with Gasteiger partial charge in [0, 0.05) is 18.7 Å². The van der Waals surface area contributed by atoms with Crippen LogP contribution in [0.25, 0.3) is 11.4 Å². The number of carbonyl (C=O) groups is 1. The summed E-state index contributed by atoms with van der Waals surface area (Å²) in [4.78, 5) is 25.9. The molecule has 0 saturated carbocycles. The zero-order valence-corrected chi connectivity index (χ0v) is 12.5. The van der Waals surface area contributed by atoms with Crippen molar-refractivity contribution >= 4 is 17.9 Å². The Morgan fingerprint density at radius 2 is 1.91 bits per heavy atom. The van der Waals surface area contributed by atoms with Crippen LogP contribution in [-0.4, -0.2) is 58.9 Å². The Morgan fingerprint density at radius 3 is 2.61 bits per heavy atom. The number of rotatable bonds is 5. The molecule has 8 nitrogen and oxygen atoms in total. The van der Waals surface area contributed by atoms with Crippen LogP contribution in [0.4, 0.5) is 11.9 Å². The SMILES string of the molecule is O=C(O)CNc1nc(-c2ccccc2)nc(N2CCOCC2)n1. The molecule has 120 valence electrons. The Morgan fingerprint density at radius 1 is 1.17 bits per heavy atom. The number of carboxylic acids is 1. The number of anilines is 2. The summed E-state index contributed by atoms with van der Waals surface area (Å²) in [6.07, 6.45) is 0. The predicted molar refractivity (Wildman–Crippen MR) is 84.4 cm³/mol. The Labute approximate surface area is 133 Å². The van der Waals surface area contributed by atoms with Gasteiger partial charge in [-0.1, -0.05) is 30.3 Å². The number of carboxylic acid groups (broad SMARTS) is 1. The van der Waals surface area contributed by atoms with Crippen molar-refractivity contribution in [3.63, 3.8) is 0 Å². The van der Waals surface area contributed by atoms with Gasteiger partial charge < -0.3 is 20.1 Å². The molecular formula is C15H17N5O3. The number of nitrogens with zero attached hydrogens (tertiary/aromatic N) is 4. The maximum absolute atomic E-state index is 10.8. The molecule has 1 saturated heterocycles. The number of aliphatic carboxylic acids is 1. The van der Waals surface area contributed by atoms with Crippen molar-refractivity contribution in [3.05, 3.63) is 30.3 Å². The Kier molecular flexibility index (Phi) is 4.62. The van der Waals surface area contributed by atoms with Gasteiger partial charge in [0.15, 0.2) is 5.82 Å². The molecule has 3 rings (SSSR count). The van der Waals surface area contributed by atoms with Crippen molar-refractivity contribution < 1.29 is 14.6 Å². The summed E-state index contributed by atoms with van der Waals surface area (Å²) in [5.74, 6) is 0.312. The number of hydrogen-bond acceptors (Lipinski definition) is 7. The predicted octanol–water partition coefficient (Wildman–Crippen LogP) is 0.872. The van der Waals surface area contributed by atoms with Gasteiger partial charge in [-0.05, 0) is 0 Å². The first-order valence-corrected chi connectivity index (χ1v) is 7.32. The van der Waals surface area contributed by atoms with Gasteiger partial charge >= 0.3 is 5.97 Å². The van der Waals surface area contributed by atoms with Crippen LogP contribution in [0.3, 0.4) is 0 Å². The summed E-state index contributed by atoms with van der Waals surface area (Å²) in [5.41, 5.74) is 0.850. The molecule has 0 aliphatic carbocycles. The minimum absolute atomic E-state index is 0.249. The second-order valence-corrected chi connectivity index (χ2v) is 5.00. The van der Waals surface area contributed by atoms with Crippen LogP contribution in [0.15, 0.2) is 30.3 Å². The van der Waals surface area contributed by atoms with Crippen LogP contribution in [0, 0.1) is 0 Å². The highest BCUT2D eigenvalue weighted by molar-refractivity contribution is 5.72. The number of nitrogens with one attached hydrogen (secondary N) is 1. The van der Waals surface area contributed by atoms with Crippen molar-refractivity contribution in [2.24, 2.45) is 0 Å². The lowest BCUT2D eigenvalue weighted by Gasteiger charge is -2.27. The minimum Gasteiger partial charge on any atom is -0.480 e. The molecule has 0 radical (unpaired) electrons. The third-order valence-corrected chi connectivity index (χ3v) is 3.35. The fourth-order valence-electron chi connectivity index (χ4n) is 2.22. The fraction of sp³-hybridized carbons (Fsp3) is 0.333. The van der Waals surface area contributed by atoms with Crippen molar-refractivity contribution in [1.82, 2.24) is 15.0 Å². The maximum atomic E-state index is 10.8. The maximum Gasteiger partial charge on any atom is 0.322 e. The van der Waals surface area contributed by atoms with E-state index in [4.69, 9.17) is 9.84 Å². The molecule has 1 aliphatic rings. The van der Waals surface area contributed by atoms with Gasteiger partial charge in [0.2, 0.25) is 11.9 Å². The molecule has 1 aromatic carbocycles. The third-order valence-electron chi connectivity index (χ3n) is 3.35. The second-order valence-electron chi connectivity index (χ2n) is 5.00. The number of hydrogen-bond donors (Lipinski definition) is 2. The molecule has 1 aliphatic heterocycles. The highest BCUT2D eigenvalue weighted by Crippen LogP contribution is 2.20. The number of benzene rings is 1. The molecular weight excluding hydrogens is 298 g/mol.